The van der Waals surface area contributed by atoms with Crippen molar-refractivity contribution in [2.75, 3.05) is 6.67 Å². The van der Waals surface area contributed by atoms with Crippen molar-refractivity contribution >= 4 is 6.09 Å². The normalized spacial score (nSPS) is 11.2. The molecular weight excluding hydrogens is 242 g/mol. The van der Waals surface area contributed by atoms with Gasteiger partial charge in [0, 0.05) is 19.8 Å². The quantitative estimate of drug-likeness (QED) is 0.708. The van der Waals surface area contributed by atoms with E-state index in [9.17, 15) is 4.79 Å². The van der Waals surface area contributed by atoms with Crippen molar-refractivity contribution in [2.24, 2.45) is 5.73 Å². The van der Waals surface area contributed by atoms with Crippen molar-refractivity contribution in [3.05, 3.63) is 35.4 Å². The minimum absolute atomic E-state index is 0.402. The zero-order valence-electron chi connectivity index (χ0n) is 11.8. The molecule has 1 amide bonds. The summed E-state index contributed by atoms with van der Waals surface area (Å²) in [6.07, 6.45) is -0.402. The molecule has 0 aromatic heterocycles. The van der Waals surface area contributed by atoms with E-state index in [1.165, 1.54) is 0 Å². The molecule has 5 heteroatoms. The maximum atomic E-state index is 11.5. The Labute approximate surface area is 114 Å². The first kappa shape index (κ1) is 15.5. The molecule has 0 atom stereocenters. The van der Waals surface area contributed by atoms with Crippen molar-refractivity contribution in [1.29, 1.82) is 0 Å². The van der Waals surface area contributed by atoms with Gasteiger partial charge >= 0.3 is 6.09 Å². The molecule has 0 aliphatic heterocycles. The molecule has 1 aromatic carbocycles. The summed E-state index contributed by atoms with van der Waals surface area (Å²) in [4.78, 5) is 11.5. The fourth-order valence-electron chi connectivity index (χ4n) is 1.48. The average Bonchev–Trinajstić information content (AvgIpc) is 2.33. The van der Waals surface area contributed by atoms with Crippen molar-refractivity contribution in [3.8, 4) is 0 Å². The predicted octanol–water partition coefficient (Wildman–Crippen LogP) is 1.72. The summed E-state index contributed by atoms with van der Waals surface area (Å²) in [5.74, 6) is 0. The minimum Gasteiger partial charge on any atom is -0.444 e. The Balaban J connectivity index is 2.39. The highest BCUT2D eigenvalue weighted by Crippen LogP contribution is 2.08. The summed E-state index contributed by atoms with van der Waals surface area (Å²) in [7, 11) is 0. The van der Waals surface area contributed by atoms with Crippen LogP contribution in [-0.4, -0.2) is 18.4 Å². The van der Waals surface area contributed by atoms with Crippen molar-refractivity contribution in [2.45, 2.75) is 39.5 Å². The lowest BCUT2D eigenvalue weighted by Crippen LogP contribution is -2.32. The lowest BCUT2D eigenvalue weighted by atomic mass is 10.1. The number of alkyl carbamates (subject to hydrolysis) is 1. The molecule has 0 bridgehead atoms. The maximum Gasteiger partial charge on any atom is 0.407 e. The van der Waals surface area contributed by atoms with Crippen molar-refractivity contribution in [1.82, 2.24) is 10.6 Å². The van der Waals surface area contributed by atoms with Gasteiger partial charge in [0.05, 0.1) is 0 Å². The number of carbonyl (C=O) groups is 1. The summed E-state index contributed by atoms with van der Waals surface area (Å²) >= 11 is 0. The highest BCUT2D eigenvalue weighted by molar-refractivity contribution is 5.67. The Morgan fingerprint density at radius 1 is 1.16 bits per heavy atom. The van der Waals surface area contributed by atoms with Crippen molar-refractivity contribution in [3.63, 3.8) is 0 Å². The van der Waals surface area contributed by atoms with Gasteiger partial charge < -0.3 is 21.1 Å². The van der Waals surface area contributed by atoms with Gasteiger partial charge in [-0.1, -0.05) is 24.3 Å². The van der Waals surface area contributed by atoms with Gasteiger partial charge in [-0.3, -0.25) is 0 Å². The molecule has 0 saturated heterocycles. The van der Waals surface area contributed by atoms with E-state index in [2.05, 4.69) is 10.6 Å². The number of hydrogen-bond acceptors (Lipinski definition) is 4. The van der Waals surface area contributed by atoms with Crippen LogP contribution < -0.4 is 16.4 Å². The summed E-state index contributed by atoms with van der Waals surface area (Å²) in [5, 5.41) is 5.77. The first-order valence-electron chi connectivity index (χ1n) is 6.36. The summed E-state index contributed by atoms with van der Waals surface area (Å²) in [6.45, 7) is 7.18. The molecular formula is C14H23N3O2. The van der Waals surface area contributed by atoms with Crippen LogP contribution in [0.3, 0.4) is 0 Å². The van der Waals surface area contributed by atoms with Gasteiger partial charge in [0.2, 0.25) is 0 Å². The average molecular weight is 265 g/mol. The van der Waals surface area contributed by atoms with Crippen LogP contribution in [0.15, 0.2) is 24.3 Å². The zero-order valence-corrected chi connectivity index (χ0v) is 11.8. The number of nitrogens with one attached hydrogen (secondary N) is 2. The molecule has 0 saturated carbocycles. The summed E-state index contributed by atoms with van der Waals surface area (Å²) < 4.78 is 5.16. The van der Waals surface area contributed by atoms with Crippen LogP contribution in [0.2, 0.25) is 0 Å². The highest BCUT2D eigenvalue weighted by atomic mass is 16.6. The molecule has 4 N–H and O–H groups in total. The smallest absolute Gasteiger partial charge is 0.407 e. The molecule has 0 unspecified atom stereocenters. The van der Waals surface area contributed by atoms with Crippen LogP contribution in [0.5, 0.6) is 0 Å². The number of nitrogens with two attached hydrogens (primary N) is 1. The van der Waals surface area contributed by atoms with E-state index in [4.69, 9.17) is 10.5 Å². The van der Waals surface area contributed by atoms with Gasteiger partial charge in [0.1, 0.15) is 5.60 Å². The van der Waals surface area contributed by atoms with Crippen LogP contribution >= 0.6 is 0 Å². The second kappa shape index (κ2) is 7.11. The second-order valence-electron chi connectivity index (χ2n) is 5.30. The van der Waals surface area contributed by atoms with Crippen molar-refractivity contribution < 1.29 is 9.53 Å². The Morgan fingerprint density at radius 3 is 2.16 bits per heavy atom. The van der Waals surface area contributed by atoms with Crippen LogP contribution in [-0.2, 0) is 17.8 Å². The monoisotopic (exact) mass is 265 g/mol. The lowest BCUT2D eigenvalue weighted by Gasteiger charge is -2.19. The van der Waals surface area contributed by atoms with Crippen LogP contribution in [0.4, 0.5) is 4.79 Å². The molecule has 1 aromatic rings. The third-order valence-electron chi connectivity index (χ3n) is 2.33. The minimum atomic E-state index is -0.470. The van der Waals surface area contributed by atoms with E-state index in [0.29, 0.717) is 13.2 Å². The molecule has 106 valence electrons. The first-order valence-corrected chi connectivity index (χ1v) is 6.36. The van der Waals surface area contributed by atoms with Crippen LogP contribution in [0.1, 0.15) is 31.9 Å². The van der Waals surface area contributed by atoms with Gasteiger partial charge in [-0.25, -0.2) is 4.79 Å². The number of ether oxygens (including phenoxy) is 1. The third kappa shape index (κ3) is 6.79. The van der Waals surface area contributed by atoms with Crippen LogP contribution in [0, 0.1) is 0 Å². The number of rotatable bonds is 5. The second-order valence-corrected chi connectivity index (χ2v) is 5.30. The number of benzene rings is 1. The fraction of sp³-hybridized carbons (Fsp3) is 0.500. The molecule has 0 spiro atoms. The lowest BCUT2D eigenvalue weighted by molar-refractivity contribution is 0.0523. The number of amides is 1. The van der Waals surface area contributed by atoms with Gasteiger partial charge in [-0.15, -0.1) is 0 Å². The summed E-state index contributed by atoms with van der Waals surface area (Å²) in [6, 6.07) is 7.97. The van der Waals surface area contributed by atoms with Gasteiger partial charge in [0.15, 0.2) is 0 Å². The van der Waals surface area contributed by atoms with E-state index in [1.54, 1.807) is 0 Å². The molecule has 0 fully saturated rings. The SMILES string of the molecule is CC(C)(C)OC(=O)NCc1ccc(CNCN)cc1. The van der Waals surface area contributed by atoms with E-state index < -0.39 is 11.7 Å². The Bertz CT molecular complexity index is 396. The van der Waals surface area contributed by atoms with E-state index in [-0.39, 0.29) is 0 Å². The van der Waals surface area contributed by atoms with Crippen LogP contribution in [0.25, 0.3) is 0 Å². The van der Waals surface area contributed by atoms with Gasteiger partial charge in [0.25, 0.3) is 0 Å². The van der Waals surface area contributed by atoms with E-state index in [1.807, 2.05) is 45.0 Å². The Hall–Kier alpha value is -1.59. The number of hydrogen-bond donors (Lipinski definition) is 3. The molecule has 0 heterocycles. The summed E-state index contributed by atoms with van der Waals surface area (Å²) in [5.41, 5.74) is 7.08. The molecule has 19 heavy (non-hydrogen) atoms. The third-order valence-corrected chi connectivity index (χ3v) is 2.33. The molecule has 5 nitrogen and oxygen atoms in total. The largest absolute Gasteiger partial charge is 0.444 e. The highest BCUT2D eigenvalue weighted by Gasteiger charge is 2.15. The molecule has 0 aliphatic carbocycles. The van der Waals surface area contributed by atoms with E-state index >= 15 is 0 Å². The standard InChI is InChI=1S/C14H23N3O2/c1-14(2,3)19-13(18)17-9-12-6-4-11(5-7-12)8-16-10-15/h4-7,16H,8-10,15H2,1-3H3,(H,17,18). The molecule has 0 radical (unpaired) electrons. The zero-order chi connectivity index (χ0) is 14.3. The van der Waals surface area contributed by atoms with E-state index in [0.717, 1.165) is 17.7 Å². The van der Waals surface area contributed by atoms with Gasteiger partial charge in [-0.05, 0) is 31.9 Å². The number of carbonyl (C=O) groups excluding carboxylic acids is 1. The fourth-order valence-corrected chi connectivity index (χ4v) is 1.48. The maximum absolute atomic E-state index is 11.5. The van der Waals surface area contributed by atoms with Gasteiger partial charge in [-0.2, -0.15) is 0 Å². The topological polar surface area (TPSA) is 76.4 Å². The Morgan fingerprint density at radius 2 is 1.68 bits per heavy atom. The molecule has 0 aliphatic rings. The molecule has 1 rings (SSSR count). The predicted molar refractivity (Wildman–Crippen MR) is 75.4 cm³/mol. The Kier molecular flexibility index (Phi) is 5.79. The first-order chi connectivity index (χ1) is 8.90.